The molecule has 0 saturated carbocycles. The van der Waals surface area contributed by atoms with Gasteiger partial charge >= 0.3 is 12.0 Å². The summed E-state index contributed by atoms with van der Waals surface area (Å²) in [5, 5.41) is 11.2. The van der Waals surface area contributed by atoms with Crippen LogP contribution >= 0.6 is 0 Å². The third-order valence-electron chi connectivity index (χ3n) is 3.61. The average Bonchev–Trinajstić information content (AvgIpc) is 2.24. The first kappa shape index (κ1) is 17.4. The minimum atomic E-state index is -0.952. The molecule has 0 aromatic heterocycles. The number of carbonyl (C=O) groups is 3. The minimum absolute atomic E-state index is 0.00711. The van der Waals surface area contributed by atoms with Gasteiger partial charge < -0.3 is 14.9 Å². The van der Waals surface area contributed by atoms with E-state index in [2.05, 4.69) is 10.2 Å². The van der Waals surface area contributed by atoms with Crippen LogP contribution in [0.1, 0.15) is 33.6 Å². The molecule has 7 heteroatoms. The van der Waals surface area contributed by atoms with Gasteiger partial charge in [0.25, 0.3) is 0 Å². The molecule has 0 aromatic carbocycles. The Balaban J connectivity index is 2.51. The molecule has 0 spiro atoms. The van der Waals surface area contributed by atoms with Crippen molar-refractivity contribution in [3.05, 3.63) is 0 Å². The second kappa shape index (κ2) is 6.89. The number of nitrogens with one attached hydrogen (secondary N) is 1. The molecule has 0 bridgehead atoms. The van der Waals surface area contributed by atoms with Crippen molar-refractivity contribution in [2.75, 3.05) is 26.7 Å². The van der Waals surface area contributed by atoms with Crippen LogP contribution in [-0.4, -0.2) is 65.5 Å². The van der Waals surface area contributed by atoms with Crippen molar-refractivity contribution >= 4 is 17.9 Å². The maximum Gasteiger partial charge on any atom is 0.324 e. The number of aliphatic carboxylic acids is 1. The highest BCUT2D eigenvalue weighted by Crippen LogP contribution is 2.24. The van der Waals surface area contributed by atoms with Gasteiger partial charge in [-0.15, -0.1) is 0 Å². The molecule has 1 unspecified atom stereocenters. The molecule has 0 radical (unpaired) electrons. The van der Waals surface area contributed by atoms with Crippen LogP contribution in [0.15, 0.2) is 0 Å². The number of urea groups is 1. The molecule has 1 fully saturated rings. The fraction of sp³-hybridized carbons (Fsp3) is 0.786. The van der Waals surface area contributed by atoms with E-state index in [4.69, 9.17) is 5.11 Å². The van der Waals surface area contributed by atoms with Crippen molar-refractivity contribution in [2.24, 2.45) is 5.41 Å². The Kier molecular flexibility index (Phi) is 5.71. The summed E-state index contributed by atoms with van der Waals surface area (Å²) >= 11 is 0. The van der Waals surface area contributed by atoms with Gasteiger partial charge in [0, 0.05) is 32.1 Å². The van der Waals surface area contributed by atoms with Gasteiger partial charge in [0.2, 0.25) is 5.91 Å². The summed E-state index contributed by atoms with van der Waals surface area (Å²) in [6, 6.07) is -0.352. The first-order chi connectivity index (χ1) is 9.60. The number of amides is 3. The van der Waals surface area contributed by atoms with Gasteiger partial charge in [-0.1, -0.05) is 13.8 Å². The van der Waals surface area contributed by atoms with Crippen LogP contribution in [0.4, 0.5) is 4.79 Å². The standard InChI is InChI=1S/C14H25N3O4/c1-10-9-16(4)5-6-17(10)13(21)15-11(18)7-14(2,3)8-12(19)20/h10H,5-9H2,1-4H3,(H,19,20)(H,15,18,21). The van der Waals surface area contributed by atoms with Crippen molar-refractivity contribution in [2.45, 2.75) is 39.7 Å². The first-order valence-electron chi connectivity index (χ1n) is 7.11. The Morgan fingerprint density at radius 3 is 2.38 bits per heavy atom. The molecule has 1 atom stereocenters. The van der Waals surface area contributed by atoms with Gasteiger partial charge in [0.05, 0.1) is 6.42 Å². The molecule has 1 heterocycles. The molecule has 7 nitrogen and oxygen atoms in total. The van der Waals surface area contributed by atoms with Gasteiger partial charge in [-0.3, -0.25) is 14.9 Å². The summed E-state index contributed by atoms with van der Waals surface area (Å²) in [6.45, 7) is 7.46. The van der Waals surface area contributed by atoms with Crippen LogP contribution in [0.3, 0.4) is 0 Å². The molecule has 1 aliphatic heterocycles. The lowest BCUT2D eigenvalue weighted by atomic mass is 9.85. The molecular weight excluding hydrogens is 274 g/mol. The molecule has 0 aromatic rings. The highest BCUT2D eigenvalue weighted by atomic mass is 16.4. The lowest BCUT2D eigenvalue weighted by molar-refractivity contribution is -0.139. The highest BCUT2D eigenvalue weighted by Gasteiger charge is 2.29. The Morgan fingerprint density at radius 2 is 1.86 bits per heavy atom. The molecule has 1 rings (SSSR count). The lowest BCUT2D eigenvalue weighted by Gasteiger charge is -2.38. The quantitative estimate of drug-likeness (QED) is 0.799. The van der Waals surface area contributed by atoms with E-state index < -0.39 is 23.3 Å². The van der Waals surface area contributed by atoms with Crippen molar-refractivity contribution in [1.29, 1.82) is 0 Å². The number of nitrogens with zero attached hydrogens (tertiary/aromatic N) is 2. The summed E-state index contributed by atoms with van der Waals surface area (Å²) in [6.07, 6.45) is -0.104. The summed E-state index contributed by atoms with van der Waals surface area (Å²) < 4.78 is 0. The fourth-order valence-corrected chi connectivity index (χ4v) is 2.58. The maximum atomic E-state index is 12.1. The van der Waals surface area contributed by atoms with Gasteiger partial charge in [0.1, 0.15) is 0 Å². The zero-order valence-electron chi connectivity index (χ0n) is 13.2. The van der Waals surface area contributed by atoms with Crippen LogP contribution in [0.25, 0.3) is 0 Å². The van der Waals surface area contributed by atoms with Gasteiger partial charge in [0.15, 0.2) is 0 Å². The lowest BCUT2D eigenvalue weighted by Crippen LogP contribution is -2.56. The summed E-state index contributed by atoms with van der Waals surface area (Å²) in [5.74, 6) is -1.39. The van der Waals surface area contributed by atoms with E-state index in [0.29, 0.717) is 6.54 Å². The summed E-state index contributed by atoms with van der Waals surface area (Å²) in [5.41, 5.74) is -0.677. The first-order valence-corrected chi connectivity index (χ1v) is 7.11. The maximum absolute atomic E-state index is 12.1. The predicted molar refractivity (Wildman–Crippen MR) is 77.9 cm³/mol. The van der Waals surface area contributed by atoms with Crippen LogP contribution in [0.5, 0.6) is 0 Å². The second-order valence-electron chi connectivity index (χ2n) is 6.57. The molecule has 0 aliphatic carbocycles. The minimum Gasteiger partial charge on any atom is -0.481 e. The smallest absolute Gasteiger partial charge is 0.324 e. The average molecular weight is 299 g/mol. The van der Waals surface area contributed by atoms with Crippen molar-refractivity contribution in [1.82, 2.24) is 15.1 Å². The molecule has 120 valence electrons. The second-order valence-corrected chi connectivity index (χ2v) is 6.57. The number of carboxylic acids is 1. The largest absolute Gasteiger partial charge is 0.481 e. The number of imide groups is 1. The van der Waals surface area contributed by atoms with Gasteiger partial charge in [-0.25, -0.2) is 4.79 Å². The van der Waals surface area contributed by atoms with Crippen molar-refractivity contribution < 1.29 is 19.5 Å². The molecular formula is C14H25N3O4. The zero-order valence-corrected chi connectivity index (χ0v) is 13.2. The van der Waals surface area contributed by atoms with Crippen LogP contribution in [0.2, 0.25) is 0 Å². The number of carbonyl (C=O) groups excluding carboxylic acids is 2. The Hall–Kier alpha value is -1.63. The van der Waals surface area contributed by atoms with Crippen LogP contribution < -0.4 is 5.32 Å². The van der Waals surface area contributed by atoms with Crippen molar-refractivity contribution in [3.63, 3.8) is 0 Å². The number of likely N-dealkylation sites (N-methyl/N-ethyl adjacent to an activating group) is 1. The van der Waals surface area contributed by atoms with E-state index >= 15 is 0 Å². The number of carboxylic acid groups (broad SMARTS) is 1. The Bertz CT molecular complexity index is 422. The van der Waals surface area contributed by atoms with Gasteiger partial charge in [-0.2, -0.15) is 0 Å². The third kappa shape index (κ3) is 5.71. The zero-order chi connectivity index (χ0) is 16.2. The summed E-state index contributed by atoms with van der Waals surface area (Å²) in [4.78, 5) is 38.5. The number of rotatable bonds is 4. The number of hydrogen-bond acceptors (Lipinski definition) is 4. The highest BCUT2D eigenvalue weighted by molar-refractivity contribution is 5.94. The molecule has 21 heavy (non-hydrogen) atoms. The molecule has 3 amide bonds. The van der Waals surface area contributed by atoms with E-state index in [1.807, 2.05) is 14.0 Å². The third-order valence-corrected chi connectivity index (χ3v) is 3.61. The van der Waals surface area contributed by atoms with E-state index in [0.717, 1.165) is 13.1 Å². The normalized spacial score (nSPS) is 20.2. The van der Waals surface area contributed by atoms with E-state index in [1.165, 1.54) is 0 Å². The van der Waals surface area contributed by atoms with E-state index in [1.54, 1.807) is 18.7 Å². The predicted octanol–water partition coefficient (Wildman–Crippen LogP) is 0.749. The molecule has 2 N–H and O–H groups in total. The Morgan fingerprint density at radius 1 is 1.24 bits per heavy atom. The van der Waals surface area contributed by atoms with Gasteiger partial charge in [-0.05, 0) is 19.4 Å². The SMILES string of the molecule is CC1CN(C)CCN1C(=O)NC(=O)CC(C)(C)CC(=O)O. The monoisotopic (exact) mass is 299 g/mol. The van der Waals surface area contributed by atoms with Crippen LogP contribution in [-0.2, 0) is 9.59 Å². The summed E-state index contributed by atoms with van der Waals surface area (Å²) in [7, 11) is 1.99. The molecule has 1 aliphatic rings. The van der Waals surface area contributed by atoms with Crippen molar-refractivity contribution in [3.8, 4) is 0 Å². The van der Waals surface area contributed by atoms with Crippen LogP contribution in [0, 0.1) is 5.41 Å². The topological polar surface area (TPSA) is 90.0 Å². The molecule has 1 saturated heterocycles. The Labute approximate surface area is 125 Å². The fourth-order valence-electron chi connectivity index (χ4n) is 2.58. The number of piperazine rings is 1. The van der Waals surface area contributed by atoms with E-state index in [9.17, 15) is 14.4 Å². The van der Waals surface area contributed by atoms with E-state index in [-0.39, 0.29) is 18.9 Å². The number of hydrogen-bond donors (Lipinski definition) is 2.